The minimum absolute atomic E-state index is 1.06. The first kappa shape index (κ1) is 16.8. The van der Waals surface area contributed by atoms with Crippen LogP contribution in [0.2, 0.25) is 0 Å². The lowest BCUT2D eigenvalue weighted by molar-refractivity contribution is 1.05. The molecule has 1 aliphatic rings. The Balaban J connectivity index is 2.64. The molecule has 116 valence electrons. The number of thiophene rings is 1. The van der Waals surface area contributed by atoms with Gasteiger partial charge in [-0.1, -0.05) is 37.8 Å². The SMILES string of the molecule is C=C/C=C(C1=C(c2ccc(C)s2)CCC1=C)\C(C)=C(\C)CC. The van der Waals surface area contributed by atoms with Crippen LogP contribution >= 0.6 is 11.3 Å². The summed E-state index contributed by atoms with van der Waals surface area (Å²) in [6, 6.07) is 4.47. The van der Waals surface area contributed by atoms with Gasteiger partial charge in [-0.3, -0.25) is 0 Å². The molecule has 0 atom stereocenters. The largest absolute Gasteiger partial charge is 0.141 e. The van der Waals surface area contributed by atoms with Gasteiger partial charge in [-0.15, -0.1) is 11.3 Å². The maximum absolute atomic E-state index is 4.34. The molecule has 0 unspecified atom stereocenters. The zero-order chi connectivity index (χ0) is 16.3. The smallest absolute Gasteiger partial charge is 0.0311 e. The van der Waals surface area contributed by atoms with Crippen molar-refractivity contribution in [1.82, 2.24) is 0 Å². The predicted molar refractivity (Wildman–Crippen MR) is 101 cm³/mol. The van der Waals surface area contributed by atoms with Gasteiger partial charge in [0.05, 0.1) is 0 Å². The second kappa shape index (κ2) is 7.11. The fourth-order valence-electron chi connectivity index (χ4n) is 2.94. The van der Waals surface area contributed by atoms with Crippen molar-refractivity contribution in [1.29, 1.82) is 0 Å². The molecule has 0 amide bonds. The molecule has 2 rings (SSSR count). The summed E-state index contributed by atoms with van der Waals surface area (Å²) in [6.45, 7) is 17.1. The molecule has 0 fully saturated rings. The first-order valence-corrected chi connectivity index (χ1v) is 8.79. The average Bonchev–Trinajstić information content (AvgIpc) is 3.09. The molecule has 0 aromatic carbocycles. The Morgan fingerprint density at radius 2 is 2.00 bits per heavy atom. The molecule has 22 heavy (non-hydrogen) atoms. The predicted octanol–water partition coefficient (Wildman–Crippen LogP) is 7.02. The van der Waals surface area contributed by atoms with Crippen LogP contribution in [0.15, 0.2) is 65.3 Å². The van der Waals surface area contributed by atoms with Crippen LogP contribution in [-0.4, -0.2) is 0 Å². The monoisotopic (exact) mass is 310 g/mol. The van der Waals surface area contributed by atoms with E-state index in [1.165, 1.54) is 43.2 Å². The summed E-state index contributed by atoms with van der Waals surface area (Å²) in [5.41, 5.74) is 8.18. The molecule has 0 N–H and O–H groups in total. The number of hydrogen-bond acceptors (Lipinski definition) is 1. The van der Waals surface area contributed by atoms with Crippen molar-refractivity contribution in [3.63, 3.8) is 0 Å². The van der Waals surface area contributed by atoms with E-state index in [2.05, 4.69) is 59.1 Å². The van der Waals surface area contributed by atoms with E-state index in [0.717, 1.165) is 19.3 Å². The van der Waals surface area contributed by atoms with Crippen LogP contribution in [-0.2, 0) is 0 Å². The minimum atomic E-state index is 1.06. The van der Waals surface area contributed by atoms with Crippen LogP contribution in [0.5, 0.6) is 0 Å². The molecule has 1 heteroatoms. The van der Waals surface area contributed by atoms with E-state index < -0.39 is 0 Å². The maximum atomic E-state index is 4.34. The molecule has 0 nitrogen and oxygen atoms in total. The molecule has 0 saturated carbocycles. The molecule has 0 radical (unpaired) electrons. The topological polar surface area (TPSA) is 0 Å². The van der Waals surface area contributed by atoms with Gasteiger partial charge in [-0.05, 0) is 80.0 Å². The van der Waals surface area contributed by atoms with E-state index in [0.29, 0.717) is 0 Å². The summed E-state index contributed by atoms with van der Waals surface area (Å²) in [7, 11) is 0. The van der Waals surface area contributed by atoms with Crippen LogP contribution in [0.4, 0.5) is 0 Å². The Labute approximate surface area is 139 Å². The fourth-order valence-corrected chi connectivity index (χ4v) is 3.89. The molecule has 0 aliphatic heterocycles. The molecule has 0 bridgehead atoms. The summed E-state index contributed by atoms with van der Waals surface area (Å²) < 4.78 is 0. The number of allylic oxidation sites excluding steroid dienone is 8. The Kier molecular flexibility index (Phi) is 5.42. The second-order valence-electron chi connectivity index (χ2n) is 5.94. The summed E-state index contributed by atoms with van der Waals surface area (Å²) in [6.07, 6.45) is 7.29. The lowest BCUT2D eigenvalue weighted by Crippen LogP contribution is -1.96. The third-order valence-electron chi connectivity index (χ3n) is 4.50. The van der Waals surface area contributed by atoms with Gasteiger partial charge in [0.15, 0.2) is 0 Å². The van der Waals surface area contributed by atoms with Crippen molar-refractivity contribution in [2.24, 2.45) is 0 Å². The van der Waals surface area contributed by atoms with Crippen LogP contribution < -0.4 is 0 Å². The summed E-state index contributed by atoms with van der Waals surface area (Å²) in [5, 5.41) is 0. The lowest BCUT2D eigenvalue weighted by Gasteiger charge is -2.16. The van der Waals surface area contributed by atoms with Gasteiger partial charge in [-0.25, -0.2) is 0 Å². The van der Waals surface area contributed by atoms with Crippen molar-refractivity contribution in [2.75, 3.05) is 0 Å². The van der Waals surface area contributed by atoms with Crippen molar-refractivity contribution < 1.29 is 0 Å². The van der Waals surface area contributed by atoms with Crippen molar-refractivity contribution >= 4 is 16.9 Å². The van der Waals surface area contributed by atoms with Gasteiger partial charge in [0.1, 0.15) is 0 Å². The van der Waals surface area contributed by atoms with Gasteiger partial charge in [0.25, 0.3) is 0 Å². The first-order chi connectivity index (χ1) is 10.5. The Morgan fingerprint density at radius 3 is 2.55 bits per heavy atom. The highest BCUT2D eigenvalue weighted by Gasteiger charge is 2.24. The Morgan fingerprint density at radius 1 is 1.27 bits per heavy atom. The first-order valence-electron chi connectivity index (χ1n) is 7.97. The van der Waals surface area contributed by atoms with Gasteiger partial charge in [0.2, 0.25) is 0 Å². The zero-order valence-electron chi connectivity index (χ0n) is 14.3. The van der Waals surface area contributed by atoms with E-state index >= 15 is 0 Å². The summed E-state index contributed by atoms with van der Waals surface area (Å²) >= 11 is 1.88. The Hall–Kier alpha value is -1.60. The molecular formula is C21H26S. The van der Waals surface area contributed by atoms with E-state index in [-0.39, 0.29) is 0 Å². The van der Waals surface area contributed by atoms with Crippen LogP contribution in [0.1, 0.15) is 49.8 Å². The molecule has 0 saturated heterocycles. The zero-order valence-corrected chi connectivity index (χ0v) is 15.1. The van der Waals surface area contributed by atoms with Crippen LogP contribution in [0.25, 0.3) is 5.57 Å². The highest BCUT2D eigenvalue weighted by Crippen LogP contribution is 2.44. The van der Waals surface area contributed by atoms with E-state index in [1.807, 2.05) is 17.4 Å². The lowest BCUT2D eigenvalue weighted by atomic mass is 9.90. The van der Waals surface area contributed by atoms with Crippen molar-refractivity contribution in [3.05, 3.63) is 75.1 Å². The summed E-state index contributed by atoms with van der Waals surface area (Å²) in [4.78, 5) is 2.76. The number of rotatable bonds is 5. The van der Waals surface area contributed by atoms with E-state index in [4.69, 9.17) is 0 Å². The van der Waals surface area contributed by atoms with Crippen molar-refractivity contribution in [2.45, 2.75) is 47.0 Å². The molecule has 1 heterocycles. The standard InChI is InChI=1S/C21H26S/c1-7-9-18(17(6)14(3)8-2)21-15(4)10-12-19(21)20-13-11-16(5)22-20/h7,9,11,13H,1,4,8,10,12H2,2-3,5-6H3/b17-14-,18-9+. The minimum Gasteiger partial charge on any atom is -0.141 e. The maximum Gasteiger partial charge on any atom is 0.0311 e. The quantitative estimate of drug-likeness (QED) is 0.513. The highest BCUT2D eigenvalue weighted by atomic mass is 32.1. The molecular weight excluding hydrogens is 284 g/mol. The van der Waals surface area contributed by atoms with Crippen LogP contribution in [0, 0.1) is 6.92 Å². The highest BCUT2D eigenvalue weighted by molar-refractivity contribution is 7.13. The number of aryl methyl sites for hydroxylation is 1. The number of hydrogen-bond donors (Lipinski definition) is 0. The third kappa shape index (κ3) is 3.25. The van der Waals surface area contributed by atoms with E-state index in [9.17, 15) is 0 Å². The van der Waals surface area contributed by atoms with Gasteiger partial charge in [-0.2, -0.15) is 0 Å². The van der Waals surface area contributed by atoms with Gasteiger partial charge >= 0.3 is 0 Å². The van der Waals surface area contributed by atoms with E-state index in [1.54, 1.807) is 0 Å². The normalized spacial score (nSPS) is 17.1. The summed E-state index contributed by atoms with van der Waals surface area (Å²) in [5.74, 6) is 0. The average molecular weight is 311 g/mol. The van der Waals surface area contributed by atoms with Crippen LogP contribution in [0.3, 0.4) is 0 Å². The fraction of sp³-hybridized carbons (Fsp3) is 0.333. The van der Waals surface area contributed by atoms with Gasteiger partial charge < -0.3 is 0 Å². The molecule has 1 aromatic rings. The third-order valence-corrected chi connectivity index (χ3v) is 5.56. The second-order valence-corrected chi connectivity index (χ2v) is 7.23. The Bertz CT molecular complexity index is 689. The molecule has 1 aliphatic carbocycles. The molecule has 1 aromatic heterocycles. The van der Waals surface area contributed by atoms with Gasteiger partial charge in [0, 0.05) is 9.75 Å². The molecule has 0 spiro atoms. The van der Waals surface area contributed by atoms with Crippen molar-refractivity contribution in [3.8, 4) is 0 Å².